The number of nitrogens with zero attached hydrogens (tertiary/aromatic N) is 2. The normalized spacial score (nSPS) is 13.9. The SMILES string of the molecule is CC(C)C(=O)Nc1ccc(-c2cc(C3CCCC3)n(C(=O)NCc3cccc(F)c3)n2)c(O)c1. The van der Waals surface area contributed by atoms with E-state index in [1.807, 2.05) is 6.07 Å². The van der Waals surface area contributed by atoms with Crippen molar-refractivity contribution >= 4 is 17.6 Å². The predicted octanol–water partition coefficient (Wildman–Crippen LogP) is 5.40. The van der Waals surface area contributed by atoms with Gasteiger partial charge >= 0.3 is 6.03 Å². The monoisotopic (exact) mass is 464 g/mol. The molecule has 0 bridgehead atoms. The van der Waals surface area contributed by atoms with Gasteiger partial charge in [-0.05, 0) is 48.7 Å². The van der Waals surface area contributed by atoms with E-state index in [2.05, 4.69) is 15.7 Å². The van der Waals surface area contributed by atoms with Gasteiger partial charge in [-0.25, -0.2) is 9.18 Å². The maximum Gasteiger partial charge on any atom is 0.342 e. The molecule has 1 aliphatic rings. The molecule has 0 aliphatic heterocycles. The molecule has 1 heterocycles. The van der Waals surface area contributed by atoms with Crippen LogP contribution in [0.25, 0.3) is 11.3 Å². The van der Waals surface area contributed by atoms with E-state index in [4.69, 9.17) is 0 Å². The molecule has 3 aromatic rings. The van der Waals surface area contributed by atoms with Crippen LogP contribution in [0, 0.1) is 11.7 Å². The number of aromatic nitrogens is 2. The molecule has 8 heteroatoms. The van der Waals surface area contributed by atoms with Crippen molar-refractivity contribution in [1.29, 1.82) is 0 Å². The highest BCUT2D eigenvalue weighted by atomic mass is 19.1. The maximum absolute atomic E-state index is 13.5. The van der Waals surface area contributed by atoms with E-state index in [0.29, 0.717) is 22.5 Å². The van der Waals surface area contributed by atoms with Gasteiger partial charge in [0, 0.05) is 35.7 Å². The Hall–Kier alpha value is -3.68. The molecule has 0 atom stereocenters. The van der Waals surface area contributed by atoms with Gasteiger partial charge in [0.15, 0.2) is 0 Å². The van der Waals surface area contributed by atoms with Gasteiger partial charge < -0.3 is 15.7 Å². The molecule has 1 aromatic heterocycles. The fourth-order valence-electron chi connectivity index (χ4n) is 4.21. The molecular weight excluding hydrogens is 435 g/mol. The molecule has 1 saturated carbocycles. The van der Waals surface area contributed by atoms with Crippen LogP contribution >= 0.6 is 0 Å². The molecular formula is C26H29FN4O3. The van der Waals surface area contributed by atoms with Gasteiger partial charge in [-0.1, -0.05) is 38.8 Å². The van der Waals surface area contributed by atoms with Gasteiger partial charge in [-0.15, -0.1) is 0 Å². The second kappa shape index (κ2) is 10.1. The lowest BCUT2D eigenvalue weighted by atomic mass is 10.0. The van der Waals surface area contributed by atoms with Crippen molar-refractivity contribution in [3.05, 3.63) is 65.6 Å². The van der Waals surface area contributed by atoms with Crippen molar-refractivity contribution in [1.82, 2.24) is 15.1 Å². The molecule has 34 heavy (non-hydrogen) atoms. The number of hydrogen-bond acceptors (Lipinski definition) is 4. The highest BCUT2D eigenvalue weighted by molar-refractivity contribution is 5.92. The Morgan fingerprint density at radius 3 is 2.59 bits per heavy atom. The van der Waals surface area contributed by atoms with Gasteiger partial charge in [0.1, 0.15) is 11.6 Å². The lowest BCUT2D eigenvalue weighted by Gasteiger charge is -2.12. The smallest absolute Gasteiger partial charge is 0.342 e. The van der Waals surface area contributed by atoms with Crippen LogP contribution in [0.1, 0.15) is 56.7 Å². The molecule has 2 aromatic carbocycles. The lowest BCUT2D eigenvalue weighted by molar-refractivity contribution is -0.118. The zero-order valence-electron chi connectivity index (χ0n) is 19.3. The van der Waals surface area contributed by atoms with E-state index in [9.17, 15) is 19.1 Å². The standard InChI is InChI=1S/C26H29FN4O3/c1-16(2)25(33)29-20-10-11-21(24(32)13-20)22-14-23(18-7-3-4-8-18)31(30-22)26(34)28-15-17-6-5-9-19(27)12-17/h5-6,9-14,16,18,32H,3-4,7-8,15H2,1-2H3,(H,28,34)(H,29,33). The number of anilines is 1. The number of amides is 2. The predicted molar refractivity (Wildman–Crippen MR) is 128 cm³/mol. The Morgan fingerprint density at radius 1 is 1.15 bits per heavy atom. The molecule has 1 aliphatic carbocycles. The first-order valence-electron chi connectivity index (χ1n) is 11.6. The Kier molecular flexibility index (Phi) is 6.95. The highest BCUT2D eigenvalue weighted by Crippen LogP contribution is 2.38. The van der Waals surface area contributed by atoms with E-state index in [0.717, 1.165) is 31.4 Å². The Morgan fingerprint density at radius 2 is 1.91 bits per heavy atom. The first kappa shape index (κ1) is 23.5. The van der Waals surface area contributed by atoms with Crippen LogP contribution < -0.4 is 10.6 Å². The van der Waals surface area contributed by atoms with Crippen LogP contribution in [0.5, 0.6) is 5.75 Å². The molecule has 178 valence electrons. The van der Waals surface area contributed by atoms with Crippen LogP contribution in [0.3, 0.4) is 0 Å². The third-order valence-electron chi connectivity index (χ3n) is 6.10. The summed E-state index contributed by atoms with van der Waals surface area (Å²) in [7, 11) is 0. The Bertz CT molecular complexity index is 1200. The molecule has 0 radical (unpaired) electrons. The number of benzene rings is 2. The summed E-state index contributed by atoms with van der Waals surface area (Å²) >= 11 is 0. The summed E-state index contributed by atoms with van der Waals surface area (Å²) in [6.07, 6.45) is 4.11. The van der Waals surface area contributed by atoms with Crippen LogP contribution in [0.2, 0.25) is 0 Å². The van der Waals surface area contributed by atoms with Crippen LogP contribution in [-0.2, 0) is 11.3 Å². The van der Waals surface area contributed by atoms with Gasteiger partial charge in [0.2, 0.25) is 5.91 Å². The van der Waals surface area contributed by atoms with Crippen molar-refractivity contribution in [2.45, 2.75) is 52.0 Å². The molecule has 0 spiro atoms. The average Bonchev–Trinajstić information content (AvgIpc) is 3.47. The van der Waals surface area contributed by atoms with E-state index in [1.165, 1.54) is 22.9 Å². The lowest BCUT2D eigenvalue weighted by Crippen LogP contribution is -2.30. The van der Waals surface area contributed by atoms with Crippen molar-refractivity contribution in [2.24, 2.45) is 5.92 Å². The van der Waals surface area contributed by atoms with Crippen molar-refractivity contribution in [3.8, 4) is 17.0 Å². The van der Waals surface area contributed by atoms with Gasteiger partial charge in [0.25, 0.3) is 0 Å². The third kappa shape index (κ3) is 5.27. The Balaban J connectivity index is 1.59. The second-order valence-corrected chi connectivity index (χ2v) is 9.01. The average molecular weight is 465 g/mol. The number of halogens is 1. The van der Waals surface area contributed by atoms with E-state index in [-0.39, 0.29) is 35.9 Å². The number of aromatic hydroxyl groups is 1. The number of nitrogens with one attached hydrogen (secondary N) is 2. The first-order chi connectivity index (χ1) is 16.3. The Labute approximate surface area is 198 Å². The van der Waals surface area contributed by atoms with Gasteiger partial charge in [-0.2, -0.15) is 9.78 Å². The summed E-state index contributed by atoms with van der Waals surface area (Å²) in [4.78, 5) is 25.0. The number of carbonyl (C=O) groups excluding carboxylic acids is 2. The minimum atomic E-state index is -0.405. The summed E-state index contributed by atoms with van der Waals surface area (Å²) in [5.41, 5.74) is 2.88. The van der Waals surface area contributed by atoms with E-state index in [1.54, 1.807) is 38.1 Å². The molecule has 4 rings (SSSR count). The summed E-state index contributed by atoms with van der Waals surface area (Å²) in [6.45, 7) is 3.76. The van der Waals surface area contributed by atoms with Crippen LogP contribution in [0.15, 0.2) is 48.5 Å². The van der Waals surface area contributed by atoms with Crippen LogP contribution in [0.4, 0.5) is 14.9 Å². The highest BCUT2D eigenvalue weighted by Gasteiger charge is 2.26. The van der Waals surface area contributed by atoms with E-state index >= 15 is 0 Å². The fourth-order valence-corrected chi connectivity index (χ4v) is 4.21. The summed E-state index contributed by atoms with van der Waals surface area (Å²) in [5.74, 6) is -0.521. The molecule has 3 N–H and O–H groups in total. The molecule has 0 unspecified atom stereocenters. The quantitative estimate of drug-likeness (QED) is 0.455. The maximum atomic E-state index is 13.5. The topological polar surface area (TPSA) is 96.3 Å². The van der Waals surface area contributed by atoms with Crippen molar-refractivity contribution < 1.29 is 19.1 Å². The zero-order valence-corrected chi connectivity index (χ0v) is 19.3. The summed E-state index contributed by atoms with van der Waals surface area (Å²) in [6, 6.07) is 12.4. The minimum Gasteiger partial charge on any atom is -0.507 e. The van der Waals surface area contributed by atoms with Gasteiger partial charge in [-0.3, -0.25) is 4.79 Å². The number of carbonyl (C=O) groups is 2. The van der Waals surface area contributed by atoms with Crippen LogP contribution in [-0.4, -0.2) is 26.8 Å². The van der Waals surface area contributed by atoms with E-state index < -0.39 is 6.03 Å². The largest absolute Gasteiger partial charge is 0.507 e. The number of phenolic OH excluding ortho intramolecular Hbond substituents is 1. The zero-order chi connectivity index (χ0) is 24.2. The summed E-state index contributed by atoms with van der Waals surface area (Å²) < 4.78 is 14.8. The number of hydrogen-bond donors (Lipinski definition) is 3. The van der Waals surface area contributed by atoms with Crippen molar-refractivity contribution in [3.63, 3.8) is 0 Å². The van der Waals surface area contributed by atoms with Gasteiger partial charge in [0.05, 0.1) is 11.4 Å². The second-order valence-electron chi connectivity index (χ2n) is 9.01. The molecule has 7 nitrogen and oxygen atoms in total. The third-order valence-corrected chi connectivity index (χ3v) is 6.10. The molecule has 1 fully saturated rings. The van der Waals surface area contributed by atoms with Crippen molar-refractivity contribution in [2.75, 3.05) is 5.32 Å². The molecule has 2 amide bonds. The summed E-state index contributed by atoms with van der Waals surface area (Å²) in [5, 5.41) is 20.7. The minimum absolute atomic E-state index is 0.0376. The number of rotatable bonds is 6. The first-order valence-corrected chi connectivity index (χ1v) is 11.6. The molecule has 0 saturated heterocycles. The fraction of sp³-hybridized carbons (Fsp3) is 0.346. The number of phenols is 1.